The molecule has 1 fully saturated rings. The Hall–Kier alpha value is -1.87. The van der Waals surface area contributed by atoms with Crippen LogP contribution < -0.4 is 10.2 Å². The van der Waals surface area contributed by atoms with E-state index in [0.717, 1.165) is 18.3 Å². The molecule has 2 aromatic rings. The van der Waals surface area contributed by atoms with Crippen molar-refractivity contribution >= 4 is 11.4 Å². The van der Waals surface area contributed by atoms with Gasteiger partial charge in [0.2, 0.25) is 0 Å². The molecule has 104 valence electrons. The molecule has 20 heavy (non-hydrogen) atoms. The van der Waals surface area contributed by atoms with Crippen LogP contribution in [0.3, 0.4) is 0 Å². The monoisotopic (exact) mass is 267 g/mol. The molecule has 1 heterocycles. The Balaban J connectivity index is 1.74. The molecule has 0 unspecified atom stereocenters. The van der Waals surface area contributed by atoms with Crippen molar-refractivity contribution in [2.75, 3.05) is 11.9 Å². The first-order valence-corrected chi connectivity index (χ1v) is 7.21. The number of nitrogens with zero attached hydrogens (tertiary/aromatic N) is 2. The molecule has 1 aromatic heterocycles. The molecule has 0 amide bonds. The zero-order chi connectivity index (χ0) is 13.9. The van der Waals surface area contributed by atoms with E-state index >= 15 is 0 Å². The molecule has 1 saturated carbocycles. The normalized spacial score (nSPS) is 14.3. The number of benzene rings is 1. The van der Waals surface area contributed by atoms with Crippen molar-refractivity contribution < 1.29 is 0 Å². The second kappa shape index (κ2) is 5.63. The van der Waals surface area contributed by atoms with Crippen molar-refractivity contribution in [2.45, 2.75) is 32.4 Å². The summed E-state index contributed by atoms with van der Waals surface area (Å²) >= 11 is 0. The van der Waals surface area contributed by atoms with E-state index in [0.29, 0.717) is 0 Å². The lowest BCUT2D eigenvalue weighted by atomic mass is 10.2. The van der Waals surface area contributed by atoms with Crippen molar-refractivity contribution in [3.8, 4) is 0 Å². The Labute approximate surface area is 120 Å². The van der Waals surface area contributed by atoms with Gasteiger partial charge in [0, 0.05) is 37.2 Å². The van der Waals surface area contributed by atoms with Crippen LogP contribution in [0.15, 0.2) is 42.6 Å². The number of rotatable bonds is 5. The van der Waals surface area contributed by atoms with E-state index in [4.69, 9.17) is 0 Å². The van der Waals surface area contributed by atoms with Crippen LogP contribution in [-0.2, 0) is 6.54 Å². The molecule has 1 aliphatic rings. The summed E-state index contributed by atoms with van der Waals surface area (Å²) in [6.07, 6.45) is 4.51. The molecule has 3 heteroatoms. The minimum atomic E-state index is 0.718. The van der Waals surface area contributed by atoms with E-state index < -0.39 is 0 Å². The Bertz CT molecular complexity index is 573. The summed E-state index contributed by atoms with van der Waals surface area (Å²) in [4.78, 5) is 6.64. The van der Waals surface area contributed by atoms with Crippen molar-refractivity contribution in [1.82, 2.24) is 10.3 Å². The zero-order valence-electron chi connectivity index (χ0n) is 12.1. The van der Waals surface area contributed by atoms with Crippen LogP contribution >= 0.6 is 0 Å². The molecular weight excluding hydrogens is 246 g/mol. The Morgan fingerprint density at radius 3 is 2.60 bits per heavy atom. The van der Waals surface area contributed by atoms with Gasteiger partial charge in [-0.25, -0.2) is 0 Å². The minimum Gasteiger partial charge on any atom is -0.345 e. The van der Waals surface area contributed by atoms with Crippen LogP contribution in [-0.4, -0.2) is 18.1 Å². The lowest BCUT2D eigenvalue weighted by molar-refractivity contribution is 0.674. The summed E-state index contributed by atoms with van der Waals surface area (Å²) in [5.74, 6) is 0. The van der Waals surface area contributed by atoms with Crippen LogP contribution in [0.25, 0.3) is 0 Å². The molecule has 1 aromatic carbocycles. The number of anilines is 2. The van der Waals surface area contributed by atoms with Gasteiger partial charge in [0.05, 0.1) is 5.69 Å². The van der Waals surface area contributed by atoms with E-state index in [1.54, 1.807) is 0 Å². The third kappa shape index (κ3) is 3.17. The number of aryl methyl sites for hydroxylation is 1. The van der Waals surface area contributed by atoms with E-state index in [9.17, 15) is 0 Å². The number of hydrogen-bond donors (Lipinski definition) is 1. The highest BCUT2D eigenvalue weighted by molar-refractivity contribution is 5.62. The summed E-state index contributed by atoms with van der Waals surface area (Å²) in [6, 6.07) is 13.5. The fourth-order valence-corrected chi connectivity index (χ4v) is 2.22. The first-order valence-electron chi connectivity index (χ1n) is 7.21. The highest BCUT2D eigenvalue weighted by Gasteiger charge is 2.20. The van der Waals surface area contributed by atoms with Gasteiger partial charge in [-0.05, 0) is 44.0 Å². The Morgan fingerprint density at radius 2 is 1.90 bits per heavy atom. The SMILES string of the molecule is Cc1ccc(N(C)c2ccnc(CNC3CC3)c2)cc1. The molecule has 3 rings (SSSR count). The van der Waals surface area contributed by atoms with Crippen LogP contribution in [0.1, 0.15) is 24.1 Å². The van der Waals surface area contributed by atoms with Gasteiger partial charge in [-0.1, -0.05) is 17.7 Å². The van der Waals surface area contributed by atoms with Crippen molar-refractivity contribution in [2.24, 2.45) is 0 Å². The number of aromatic nitrogens is 1. The number of pyridine rings is 1. The van der Waals surface area contributed by atoms with Gasteiger partial charge in [0.25, 0.3) is 0 Å². The second-order valence-electron chi connectivity index (χ2n) is 5.56. The van der Waals surface area contributed by atoms with Crippen molar-refractivity contribution in [3.05, 3.63) is 53.9 Å². The van der Waals surface area contributed by atoms with E-state index in [1.165, 1.54) is 29.8 Å². The Kier molecular flexibility index (Phi) is 3.70. The maximum absolute atomic E-state index is 4.44. The maximum Gasteiger partial charge on any atom is 0.0562 e. The topological polar surface area (TPSA) is 28.2 Å². The fourth-order valence-electron chi connectivity index (χ4n) is 2.22. The molecule has 3 nitrogen and oxygen atoms in total. The first-order chi connectivity index (χ1) is 9.72. The predicted molar refractivity (Wildman–Crippen MR) is 83.3 cm³/mol. The van der Waals surface area contributed by atoms with Crippen LogP contribution in [0.4, 0.5) is 11.4 Å². The lowest BCUT2D eigenvalue weighted by Crippen LogP contribution is -2.17. The van der Waals surface area contributed by atoms with Gasteiger partial charge in [0.1, 0.15) is 0 Å². The molecule has 1 N–H and O–H groups in total. The summed E-state index contributed by atoms with van der Waals surface area (Å²) < 4.78 is 0. The molecule has 0 atom stereocenters. The van der Waals surface area contributed by atoms with Crippen molar-refractivity contribution in [3.63, 3.8) is 0 Å². The van der Waals surface area contributed by atoms with E-state index in [2.05, 4.69) is 65.6 Å². The standard InChI is InChI=1S/C17H21N3/c1-13-3-7-16(8-4-13)20(2)17-9-10-18-15(11-17)12-19-14-5-6-14/h3-4,7-11,14,19H,5-6,12H2,1-2H3. The van der Waals surface area contributed by atoms with Crippen LogP contribution in [0, 0.1) is 6.92 Å². The van der Waals surface area contributed by atoms with Gasteiger partial charge >= 0.3 is 0 Å². The summed E-state index contributed by atoms with van der Waals surface area (Å²) in [6.45, 7) is 2.97. The number of nitrogens with one attached hydrogen (secondary N) is 1. The van der Waals surface area contributed by atoms with Crippen molar-refractivity contribution in [1.29, 1.82) is 0 Å². The summed E-state index contributed by atoms with van der Waals surface area (Å²) in [7, 11) is 2.10. The average Bonchev–Trinajstić information content (AvgIpc) is 3.30. The van der Waals surface area contributed by atoms with E-state index in [1.807, 2.05) is 6.20 Å². The third-order valence-corrected chi connectivity index (χ3v) is 3.76. The highest BCUT2D eigenvalue weighted by Crippen LogP contribution is 2.24. The fraction of sp³-hybridized carbons (Fsp3) is 0.353. The Morgan fingerprint density at radius 1 is 1.15 bits per heavy atom. The zero-order valence-corrected chi connectivity index (χ0v) is 12.1. The molecule has 0 radical (unpaired) electrons. The smallest absolute Gasteiger partial charge is 0.0562 e. The van der Waals surface area contributed by atoms with E-state index in [-0.39, 0.29) is 0 Å². The highest BCUT2D eigenvalue weighted by atomic mass is 15.1. The molecule has 0 spiro atoms. The summed E-state index contributed by atoms with van der Waals surface area (Å²) in [5.41, 5.74) is 4.76. The lowest BCUT2D eigenvalue weighted by Gasteiger charge is -2.20. The van der Waals surface area contributed by atoms with Crippen LogP contribution in [0.5, 0.6) is 0 Å². The van der Waals surface area contributed by atoms with Gasteiger partial charge in [-0.15, -0.1) is 0 Å². The predicted octanol–water partition coefficient (Wildman–Crippen LogP) is 3.41. The van der Waals surface area contributed by atoms with Gasteiger partial charge < -0.3 is 10.2 Å². The van der Waals surface area contributed by atoms with Gasteiger partial charge in [0.15, 0.2) is 0 Å². The third-order valence-electron chi connectivity index (χ3n) is 3.76. The average molecular weight is 267 g/mol. The van der Waals surface area contributed by atoms with Gasteiger partial charge in [-0.3, -0.25) is 4.98 Å². The minimum absolute atomic E-state index is 0.718. The summed E-state index contributed by atoms with van der Waals surface area (Å²) in [5, 5.41) is 3.51. The largest absolute Gasteiger partial charge is 0.345 e. The molecule has 0 aliphatic heterocycles. The number of hydrogen-bond acceptors (Lipinski definition) is 3. The maximum atomic E-state index is 4.44. The first kappa shape index (κ1) is 13.1. The second-order valence-corrected chi connectivity index (χ2v) is 5.56. The van der Waals surface area contributed by atoms with Crippen LogP contribution in [0.2, 0.25) is 0 Å². The molecule has 1 aliphatic carbocycles. The quantitative estimate of drug-likeness (QED) is 0.900. The molecule has 0 saturated heterocycles. The van der Waals surface area contributed by atoms with Gasteiger partial charge in [-0.2, -0.15) is 0 Å². The molecular formula is C17H21N3. The molecule has 0 bridgehead atoms.